The number of nitrogens with zero attached hydrogens (tertiary/aromatic N) is 3. The van der Waals surface area contributed by atoms with Crippen LogP contribution in [0, 0.1) is 0 Å². The van der Waals surface area contributed by atoms with E-state index in [0.29, 0.717) is 22.2 Å². The topological polar surface area (TPSA) is 111 Å². The summed E-state index contributed by atoms with van der Waals surface area (Å²) in [5.74, 6) is 0.597. The molecule has 2 aromatic carbocycles. The van der Waals surface area contributed by atoms with Crippen LogP contribution in [0.15, 0.2) is 69.1 Å². The first-order valence-corrected chi connectivity index (χ1v) is 13.5. The molecule has 0 bridgehead atoms. The van der Waals surface area contributed by atoms with E-state index in [2.05, 4.69) is 9.82 Å². The first-order chi connectivity index (χ1) is 15.6. The number of hydrogen-bond donors (Lipinski definition) is 1. The normalized spacial score (nSPS) is 12.4. The smallest absolute Gasteiger partial charge is 0.272 e. The van der Waals surface area contributed by atoms with Crippen LogP contribution in [-0.2, 0) is 26.6 Å². The molecule has 0 spiro atoms. The molecule has 12 heteroatoms. The van der Waals surface area contributed by atoms with Gasteiger partial charge in [0.05, 0.1) is 29.5 Å². The van der Waals surface area contributed by atoms with Gasteiger partial charge in [-0.3, -0.25) is 9.40 Å². The average Bonchev–Trinajstić information content (AvgIpc) is 3.43. The highest BCUT2D eigenvalue weighted by atomic mass is 32.2. The van der Waals surface area contributed by atoms with E-state index < -0.39 is 20.0 Å². The van der Waals surface area contributed by atoms with Crippen molar-refractivity contribution >= 4 is 48.1 Å². The minimum absolute atomic E-state index is 0.132. The Bertz CT molecular complexity index is 1510. The lowest BCUT2D eigenvalue weighted by molar-refractivity contribution is 0.420. The number of nitrogens with one attached hydrogen (secondary N) is 1. The highest BCUT2D eigenvalue weighted by Gasteiger charge is 2.23. The van der Waals surface area contributed by atoms with Gasteiger partial charge in [0.1, 0.15) is 9.96 Å². The Morgan fingerprint density at radius 1 is 1.06 bits per heavy atom. The summed E-state index contributed by atoms with van der Waals surface area (Å²) >= 11 is 1.10. The molecule has 4 rings (SSSR count). The first kappa shape index (κ1) is 23.2. The number of thiophene rings is 1. The fourth-order valence-electron chi connectivity index (χ4n) is 3.34. The van der Waals surface area contributed by atoms with Crippen molar-refractivity contribution in [1.29, 1.82) is 0 Å². The minimum atomic E-state index is -3.83. The second-order valence-corrected chi connectivity index (χ2v) is 12.3. The van der Waals surface area contributed by atoms with Crippen LogP contribution in [0.2, 0.25) is 0 Å². The lowest BCUT2D eigenvalue weighted by atomic mass is 10.2. The molecule has 0 unspecified atom stereocenters. The highest BCUT2D eigenvalue weighted by Crippen LogP contribution is 2.34. The predicted octanol–water partition coefficient (Wildman–Crippen LogP) is 3.21. The maximum Gasteiger partial charge on any atom is 0.272 e. The van der Waals surface area contributed by atoms with Crippen LogP contribution in [0.3, 0.4) is 0 Å². The van der Waals surface area contributed by atoms with E-state index in [-0.39, 0.29) is 21.5 Å². The minimum Gasteiger partial charge on any atom is -0.496 e. The van der Waals surface area contributed by atoms with Gasteiger partial charge in [-0.15, -0.1) is 11.3 Å². The van der Waals surface area contributed by atoms with Crippen LogP contribution in [0.5, 0.6) is 5.75 Å². The Balaban J connectivity index is 1.79. The molecular formula is C21H22N4O5S3. The maximum absolute atomic E-state index is 12.8. The number of anilines is 1. The summed E-state index contributed by atoms with van der Waals surface area (Å²) in [7, 11) is -2.98. The number of ether oxygens (including phenoxy) is 1. The van der Waals surface area contributed by atoms with Crippen LogP contribution < -0.4 is 9.46 Å². The Kier molecular flexibility index (Phi) is 6.18. The molecule has 174 valence electrons. The fourth-order valence-corrected chi connectivity index (χ4v) is 6.32. The van der Waals surface area contributed by atoms with Crippen molar-refractivity contribution in [3.05, 3.63) is 65.5 Å². The lowest BCUT2D eigenvalue weighted by Crippen LogP contribution is -2.22. The molecule has 0 aliphatic rings. The van der Waals surface area contributed by atoms with Crippen molar-refractivity contribution in [1.82, 2.24) is 14.1 Å². The predicted molar refractivity (Wildman–Crippen MR) is 128 cm³/mol. The van der Waals surface area contributed by atoms with Crippen LogP contribution >= 0.6 is 11.3 Å². The molecule has 4 aromatic rings. The molecule has 0 saturated heterocycles. The molecule has 9 nitrogen and oxygen atoms in total. The van der Waals surface area contributed by atoms with Crippen LogP contribution in [0.1, 0.15) is 5.56 Å². The number of benzene rings is 2. The molecule has 0 fully saturated rings. The summed E-state index contributed by atoms with van der Waals surface area (Å²) in [6.45, 7) is 0.223. The summed E-state index contributed by atoms with van der Waals surface area (Å²) in [5.41, 5.74) is 1.33. The van der Waals surface area contributed by atoms with E-state index >= 15 is 0 Å². The number of methoxy groups -OCH3 is 1. The van der Waals surface area contributed by atoms with Gasteiger partial charge in [-0.2, -0.15) is 5.10 Å². The third-order valence-corrected chi connectivity index (χ3v) is 9.51. The Morgan fingerprint density at radius 2 is 1.82 bits per heavy atom. The average molecular weight is 507 g/mol. The number of rotatable bonds is 8. The molecule has 0 amide bonds. The molecular weight excluding hydrogens is 484 g/mol. The molecule has 0 aliphatic heterocycles. The molecule has 2 aromatic heterocycles. The Morgan fingerprint density at radius 3 is 2.48 bits per heavy atom. The van der Waals surface area contributed by atoms with Gasteiger partial charge in [0.15, 0.2) is 5.82 Å². The summed E-state index contributed by atoms with van der Waals surface area (Å²) < 4.78 is 61.7. The fraction of sp³-hybridized carbons (Fsp3) is 0.190. The number of sulfonamides is 2. The Hall–Kier alpha value is -2.93. The zero-order valence-corrected chi connectivity index (χ0v) is 20.5. The highest BCUT2D eigenvalue weighted by molar-refractivity contribution is 7.94. The van der Waals surface area contributed by atoms with Crippen LogP contribution in [0.25, 0.3) is 10.9 Å². The van der Waals surface area contributed by atoms with Gasteiger partial charge in [0.25, 0.3) is 10.0 Å². The van der Waals surface area contributed by atoms with E-state index in [1.807, 2.05) is 0 Å². The number of aromatic nitrogens is 2. The summed E-state index contributed by atoms with van der Waals surface area (Å²) in [4.78, 5) is 0.165. The van der Waals surface area contributed by atoms with Crippen LogP contribution in [-0.4, -0.2) is 52.1 Å². The zero-order valence-electron chi connectivity index (χ0n) is 18.1. The van der Waals surface area contributed by atoms with Crippen molar-refractivity contribution in [3.63, 3.8) is 0 Å². The molecule has 0 radical (unpaired) electrons. The molecule has 0 aliphatic carbocycles. The van der Waals surface area contributed by atoms with Gasteiger partial charge in [-0.1, -0.05) is 24.3 Å². The van der Waals surface area contributed by atoms with Crippen molar-refractivity contribution in [3.8, 4) is 5.75 Å². The molecule has 0 saturated carbocycles. The van der Waals surface area contributed by atoms with Crippen molar-refractivity contribution < 1.29 is 21.6 Å². The zero-order chi connectivity index (χ0) is 23.8. The molecule has 2 heterocycles. The maximum atomic E-state index is 12.8. The first-order valence-electron chi connectivity index (χ1n) is 9.75. The summed E-state index contributed by atoms with van der Waals surface area (Å²) in [6.07, 6.45) is 0. The van der Waals surface area contributed by atoms with Gasteiger partial charge in [0, 0.05) is 14.1 Å². The SMILES string of the molecule is COc1cccc2c1c(NS(=O)(=O)c1cccs1)nn2Cc1cccc(S(=O)(=O)N(C)C)c1. The van der Waals surface area contributed by atoms with E-state index in [1.54, 1.807) is 52.5 Å². The van der Waals surface area contributed by atoms with Gasteiger partial charge in [-0.25, -0.2) is 21.1 Å². The largest absolute Gasteiger partial charge is 0.496 e. The van der Waals surface area contributed by atoms with E-state index in [1.165, 1.54) is 33.3 Å². The van der Waals surface area contributed by atoms with E-state index in [0.717, 1.165) is 15.6 Å². The monoisotopic (exact) mass is 506 g/mol. The Labute approximate surface area is 196 Å². The summed E-state index contributed by atoms with van der Waals surface area (Å²) in [5, 5.41) is 6.70. The van der Waals surface area contributed by atoms with Gasteiger partial charge >= 0.3 is 0 Å². The third kappa shape index (κ3) is 4.47. The van der Waals surface area contributed by atoms with Crippen molar-refractivity contribution in [2.24, 2.45) is 0 Å². The third-order valence-electron chi connectivity index (χ3n) is 4.96. The van der Waals surface area contributed by atoms with E-state index in [9.17, 15) is 16.8 Å². The molecule has 0 atom stereocenters. The van der Waals surface area contributed by atoms with E-state index in [4.69, 9.17) is 4.74 Å². The van der Waals surface area contributed by atoms with Crippen molar-refractivity contribution in [2.45, 2.75) is 15.6 Å². The van der Waals surface area contributed by atoms with Crippen molar-refractivity contribution in [2.75, 3.05) is 25.9 Å². The van der Waals surface area contributed by atoms with Crippen LogP contribution in [0.4, 0.5) is 5.82 Å². The number of fused-ring (bicyclic) bond motifs is 1. The number of hydrogen-bond acceptors (Lipinski definition) is 7. The van der Waals surface area contributed by atoms with Gasteiger partial charge in [-0.05, 0) is 41.3 Å². The van der Waals surface area contributed by atoms with Gasteiger partial charge < -0.3 is 4.74 Å². The lowest BCUT2D eigenvalue weighted by Gasteiger charge is -2.12. The summed E-state index contributed by atoms with van der Waals surface area (Å²) in [6, 6.07) is 15.0. The standard InChI is InChI=1S/C21H22N4O5S3/c1-24(2)33(28,29)16-8-4-7-15(13-16)14-25-17-9-5-10-18(30-3)20(17)21(22-25)23-32(26,27)19-11-6-12-31-19/h4-13H,14H2,1-3H3,(H,22,23). The second kappa shape index (κ2) is 8.78. The second-order valence-electron chi connectivity index (χ2n) is 7.33. The molecule has 1 N–H and O–H groups in total. The van der Waals surface area contributed by atoms with Gasteiger partial charge in [0.2, 0.25) is 10.0 Å². The quantitative estimate of drug-likeness (QED) is 0.393. The molecule has 33 heavy (non-hydrogen) atoms.